The Morgan fingerprint density at radius 2 is 1.55 bits per heavy atom. The van der Waals surface area contributed by atoms with Crippen LogP contribution < -0.4 is 0 Å². The number of carbonyl (C=O) groups excluding carboxylic acids is 3. The zero-order valence-electron chi connectivity index (χ0n) is 12.8. The van der Waals surface area contributed by atoms with Gasteiger partial charge in [-0.15, -0.1) is 0 Å². The highest BCUT2D eigenvalue weighted by Crippen LogP contribution is 2.27. The van der Waals surface area contributed by atoms with Crippen LogP contribution in [0, 0.1) is 0 Å². The van der Waals surface area contributed by atoms with Gasteiger partial charge in [-0.2, -0.15) is 0 Å². The number of ether oxygens (including phenoxy) is 5. The Balaban J connectivity index is 3.00. The van der Waals surface area contributed by atoms with Crippen molar-refractivity contribution >= 4 is 17.9 Å². The van der Waals surface area contributed by atoms with Crippen LogP contribution in [0.3, 0.4) is 0 Å². The van der Waals surface area contributed by atoms with Gasteiger partial charge >= 0.3 is 17.9 Å². The SMILES string of the molecule is COC1OC(COC(C)=O)C(OC(C)=O)C(OC(C)=O)C1O. The number of carbonyl (C=O) groups is 3. The second-order valence-corrected chi connectivity index (χ2v) is 4.72. The average molecular weight is 320 g/mol. The standard InChI is InChI=1S/C13H20O9/c1-6(14)19-5-9-11(20-7(2)15)12(21-8(3)16)10(17)13(18-4)22-9/h9-13,17H,5H2,1-4H3. The van der Waals surface area contributed by atoms with E-state index in [0.717, 1.165) is 13.8 Å². The van der Waals surface area contributed by atoms with Gasteiger partial charge in [0.05, 0.1) is 0 Å². The van der Waals surface area contributed by atoms with Crippen molar-refractivity contribution in [1.82, 2.24) is 0 Å². The van der Waals surface area contributed by atoms with Crippen molar-refractivity contribution in [3.63, 3.8) is 0 Å². The van der Waals surface area contributed by atoms with Crippen LogP contribution in [0.5, 0.6) is 0 Å². The normalized spacial score (nSPS) is 31.2. The molecule has 0 aromatic rings. The van der Waals surface area contributed by atoms with Crippen LogP contribution in [0.25, 0.3) is 0 Å². The van der Waals surface area contributed by atoms with Crippen LogP contribution in [0.2, 0.25) is 0 Å². The number of methoxy groups -OCH3 is 1. The van der Waals surface area contributed by atoms with E-state index >= 15 is 0 Å². The van der Waals surface area contributed by atoms with Gasteiger partial charge in [-0.1, -0.05) is 0 Å². The molecule has 126 valence electrons. The second-order valence-electron chi connectivity index (χ2n) is 4.72. The summed E-state index contributed by atoms with van der Waals surface area (Å²) in [7, 11) is 1.29. The Morgan fingerprint density at radius 1 is 1.00 bits per heavy atom. The Bertz CT molecular complexity index is 422. The first-order chi connectivity index (χ1) is 10.3. The predicted octanol–water partition coefficient (Wildman–Crippen LogP) is -0.855. The van der Waals surface area contributed by atoms with Crippen LogP contribution in [0.15, 0.2) is 0 Å². The van der Waals surface area contributed by atoms with Crippen LogP contribution in [0.4, 0.5) is 0 Å². The fourth-order valence-corrected chi connectivity index (χ4v) is 2.08. The molecule has 0 aromatic carbocycles. The predicted molar refractivity (Wildman–Crippen MR) is 69.4 cm³/mol. The van der Waals surface area contributed by atoms with Gasteiger partial charge in [-0.05, 0) is 0 Å². The summed E-state index contributed by atoms with van der Waals surface area (Å²) < 4.78 is 25.3. The maximum absolute atomic E-state index is 11.2. The number of hydrogen-bond acceptors (Lipinski definition) is 9. The molecule has 1 aliphatic heterocycles. The van der Waals surface area contributed by atoms with Gasteiger partial charge in [0.2, 0.25) is 0 Å². The molecule has 1 rings (SSSR count). The highest BCUT2D eigenvalue weighted by Gasteiger charge is 2.49. The topological polar surface area (TPSA) is 118 Å². The Hall–Kier alpha value is -1.71. The third-order valence-corrected chi connectivity index (χ3v) is 2.90. The van der Waals surface area contributed by atoms with E-state index in [2.05, 4.69) is 0 Å². The molecule has 0 aromatic heterocycles. The van der Waals surface area contributed by atoms with E-state index in [1.807, 2.05) is 0 Å². The zero-order valence-corrected chi connectivity index (χ0v) is 12.8. The van der Waals surface area contributed by atoms with Crippen molar-refractivity contribution in [2.45, 2.75) is 51.5 Å². The monoisotopic (exact) mass is 320 g/mol. The summed E-state index contributed by atoms with van der Waals surface area (Å²) in [4.78, 5) is 33.4. The minimum Gasteiger partial charge on any atom is -0.463 e. The van der Waals surface area contributed by atoms with Crippen LogP contribution >= 0.6 is 0 Å². The van der Waals surface area contributed by atoms with Crippen molar-refractivity contribution in [1.29, 1.82) is 0 Å². The zero-order chi connectivity index (χ0) is 16.9. The van der Waals surface area contributed by atoms with Crippen LogP contribution in [0.1, 0.15) is 20.8 Å². The van der Waals surface area contributed by atoms with Gasteiger partial charge in [0.15, 0.2) is 18.5 Å². The number of esters is 3. The lowest BCUT2D eigenvalue weighted by molar-refractivity contribution is -0.299. The Kier molecular flexibility index (Phi) is 6.72. The molecular weight excluding hydrogens is 300 g/mol. The lowest BCUT2D eigenvalue weighted by Crippen LogP contribution is -2.61. The van der Waals surface area contributed by atoms with Crippen molar-refractivity contribution in [3.8, 4) is 0 Å². The summed E-state index contributed by atoms with van der Waals surface area (Å²) in [5.74, 6) is -1.90. The molecule has 0 aliphatic carbocycles. The molecule has 22 heavy (non-hydrogen) atoms. The molecule has 1 fully saturated rings. The van der Waals surface area contributed by atoms with Crippen molar-refractivity contribution < 1.29 is 43.2 Å². The van der Waals surface area contributed by atoms with Gasteiger partial charge in [0, 0.05) is 27.9 Å². The summed E-state index contributed by atoms with van der Waals surface area (Å²) in [6.07, 6.45) is -5.79. The maximum Gasteiger partial charge on any atom is 0.303 e. The molecule has 0 bridgehead atoms. The minimum absolute atomic E-state index is 0.252. The minimum atomic E-state index is -1.37. The summed E-state index contributed by atoms with van der Waals surface area (Å²) in [5, 5.41) is 10.1. The lowest BCUT2D eigenvalue weighted by Gasteiger charge is -2.42. The Morgan fingerprint density at radius 3 is 2.00 bits per heavy atom. The lowest BCUT2D eigenvalue weighted by atomic mass is 9.98. The summed E-state index contributed by atoms with van der Waals surface area (Å²) in [6, 6.07) is 0. The molecule has 0 amide bonds. The molecule has 0 radical (unpaired) electrons. The first kappa shape index (κ1) is 18.3. The molecule has 0 spiro atoms. The van der Waals surface area contributed by atoms with Crippen LogP contribution in [-0.2, 0) is 38.1 Å². The fourth-order valence-electron chi connectivity index (χ4n) is 2.08. The number of rotatable bonds is 5. The van der Waals surface area contributed by atoms with E-state index in [1.165, 1.54) is 14.0 Å². The van der Waals surface area contributed by atoms with Gasteiger partial charge < -0.3 is 28.8 Å². The van der Waals surface area contributed by atoms with Crippen molar-refractivity contribution in [2.24, 2.45) is 0 Å². The molecule has 0 saturated carbocycles. The largest absolute Gasteiger partial charge is 0.463 e. The molecule has 9 nitrogen and oxygen atoms in total. The highest BCUT2D eigenvalue weighted by molar-refractivity contribution is 5.67. The van der Waals surface area contributed by atoms with E-state index in [-0.39, 0.29) is 6.61 Å². The average Bonchev–Trinajstić information content (AvgIpc) is 2.41. The highest BCUT2D eigenvalue weighted by atomic mass is 16.7. The Labute approximate surface area is 127 Å². The number of aliphatic hydroxyl groups excluding tert-OH is 1. The number of hydrogen-bond donors (Lipinski definition) is 1. The first-order valence-corrected chi connectivity index (χ1v) is 6.60. The molecule has 1 saturated heterocycles. The second kappa shape index (κ2) is 8.06. The number of aliphatic hydroxyl groups is 1. The fraction of sp³-hybridized carbons (Fsp3) is 0.769. The smallest absolute Gasteiger partial charge is 0.303 e. The van der Waals surface area contributed by atoms with Gasteiger partial charge in [0.25, 0.3) is 0 Å². The third-order valence-electron chi connectivity index (χ3n) is 2.90. The molecule has 1 heterocycles. The summed E-state index contributed by atoms with van der Waals surface area (Å²) in [5.41, 5.74) is 0. The molecule has 9 heteroatoms. The molecule has 1 aliphatic rings. The molecule has 5 unspecified atom stereocenters. The molecule has 5 atom stereocenters. The van der Waals surface area contributed by atoms with Crippen LogP contribution in [-0.4, -0.2) is 67.4 Å². The van der Waals surface area contributed by atoms with Gasteiger partial charge in [-0.25, -0.2) is 0 Å². The summed E-state index contributed by atoms with van der Waals surface area (Å²) in [6.45, 7) is 3.26. The van der Waals surface area contributed by atoms with E-state index in [4.69, 9.17) is 23.7 Å². The first-order valence-electron chi connectivity index (χ1n) is 6.60. The van der Waals surface area contributed by atoms with Gasteiger partial charge in [-0.3, -0.25) is 14.4 Å². The third kappa shape index (κ3) is 4.93. The van der Waals surface area contributed by atoms with E-state index in [0.29, 0.717) is 0 Å². The molecular formula is C13H20O9. The van der Waals surface area contributed by atoms with E-state index in [1.54, 1.807) is 0 Å². The van der Waals surface area contributed by atoms with Crippen molar-refractivity contribution in [3.05, 3.63) is 0 Å². The summed E-state index contributed by atoms with van der Waals surface area (Å²) >= 11 is 0. The molecule has 1 N–H and O–H groups in total. The van der Waals surface area contributed by atoms with E-state index < -0.39 is 48.6 Å². The van der Waals surface area contributed by atoms with Crippen molar-refractivity contribution in [2.75, 3.05) is 13.7 Å². The quantitative estimate of drug-likeness (QED) is 0.510. The van der Waals surface area contributed by atoms with E-state index in [9.17, 15) is 19.5 Å². The maximum atomic E-state index is 11.2. The van der Waals surface area contributed by atoms with Gasteiger partial charge in [0.1, 0.15) is 18.8 Å².